The van der Waals surface area contributed by atoms with Crippen molar-refractivity contribution < 1.29 is 0 Å². The van der Waals surface area contributed by atoms with Crippen molar-refractivity contribution in [2.75, 3.05) is 0 Å². The number of halogens is 2. The maximum Gasteiger partial charge on any atom is 0.0711 e. The molecule has 0 N–H and O–H groups in total. The Morgan fingerprint density at radius 3 is 2.28 bits per heavy atom. The predicted octanol–water partition coefficient (Wildman–Crippen LogP) is 8.09. The summed E-state index contributed by atoms with van der Waals surface area (Å²) < 4.78 is 0. The van der Waals surface area contributed by atoms with E-state index < -0.39 is 0 Å². The highest BCUT2D eigenvalue weighted by Gasteiger charge is 2.19. The molecule has 5 aromatic rings. The summed E-state index contributed by atoms with van der Waals surface area (Å²) in [6.45, 7) is 2.02. The highest BCUT2D eigenvalue weighted by molar-refractivity contribution is 6.31. The molecule has 1 unspecified atom stereocenters. The fourth-order valence-corrected chi connectivity index (χ4v) is 4.55. The first kappa shape index (κ1) is 20.7. The molecule has 0 amide bonds. The summed E-state index contributed by atoms with van der Waals surface area (Å²) in [5.74, 6) is 0.0267. The molecule has 0 fully saturated rings. The Labute approximate surface area is 197 Å². The number of aromatic nitrogens is 2. The first-order valence-corrected chi connectivity index (χ1v) is 11.2. The van der Waals surface area contributed by atoms with Crippen molar-refractivity contribution in [3.05, 3.63) is 130 Å². The average Bonchev–Trinajstić information content (AvgIpc) is 2.81. The second-order valence-electron chi connectivity index (χ2n) is 7.87. The third kappa shape index (κ3) is 4.12. The molecule has 2 heterocycles. The summed E-state index contributed by atoms with van der Waals surface area (Å²) in [5, 5.41) is 2.54. The van der Waals surface area contributed by atoms with Gasteiger partial charge in [-0.1, -0.05) is 59.6 Å². The summed E-state index contributed by atoms with van der Waals surface area (Å²) in [5.41, 5.74) is 7.59. The van der Waals surface area contributed by atoms with Crippen molar-refractivity contribution in [2.45, 2.75) is 12.8 Å². The molecule has 0 bridgehead atoms. The van der Waals surface area contributed by atoms with E-state index in [0.29, 0.717) is 0 Å². The Morgan fingerprint density at radius 2 is 1.53 bits per heavy atom. The van der Waals surface area contributed by atoms with Gasteiger partial charge in [-0.3, -0.25) is 9.97 Å². The summed E-state index contributed by atoms with van der Waals surface area (Å²) in [4.78, 5) is 9.15. The molecule has 0 aliphatic carbocycles. The lowest BCUT2D eigenvalue weighted by Crippen LogP contribution is -2.04. The van der Waals surface area contributed by atoms with Gasteiger partial charge in [0.05, 0.1) is 5.52 Å². The molecule has 0 saturated carbocycles. The average molecular weight is 455 g/mol. The maximum absolute atomic E-state index is 6.31. The Balaban J connectivity index is 1.74. The van der Waals surface area contributed by atoms with Crippen molar-refractivity contribution >= 4 is 34.1 Å². The van der Waals surface area contributed by atoms with Crippen molar-refractivity contribution in [2.24, 2.45) is 0 Å². The number of nitrogens with zero attached hydrogens (tertiary/aromatic N) is 2. The number of benzene rings is 3. The molecule has 0 radical (unpaired) electrons. The van der Waals surface area contributed by atoms with Crippen molar-refractivity contribution in [1.82, 2.24) is 9.97 Å². The molecule has 4 heteroatoms. The number of pyridine rings is 2. The zero-order valence-corrected chi connectivity index (χ0v) is 19.0. The summed E-state index contributed by atoms with van der Waals surface area (Å²) >= 11 is 12.5. The molecular formula is C28H20Cl2N2. The van der Waals surface area contributed by atoms with Gasteiger partial charge >= 0.3 is 0 Å². The first-order valence-electron chi connectivity index (χ1n) is 10.4. The van der Waals surface area contributed by atoms with Gasteiger partial charge in [0.1, 0.15) is 0 Å². The molecule has 5 rings (SSSR count). The van der Waals surface area contributed by atoms with E-state index in [1.54, 1.807) is 6.20 Å². The Bertz CT molecular complexity index is 1400. The minimum atomic E-state index is 0.0267. The van der Waals surface area contributed by atoms with Gasteiger partial charge in [0.2, 0.25) is 0 Å². The maximum atomic E-state index is 6.31. The molecule has 0 spiro atoms. The van der Waals surface area contributed by atoms with E-state index in [9.17, 15) is 0 Å². The summed E-state index contributed by atoms with van der Waals surface area (Å²) in [6.07, 6.45) is 3.72. The van der Waals surface area contributed by atoms with Gasteiger partial charge in [-0.15, -0.1) is 0 Å². The highest BCUT2D eigenvalue weighted by atomic mass is 35.5. The minimum Gasteiger partial charge on any atom is -0.264 e. The van der Waals surface area contributed by atoms with E-state index >= 15 is 0 Å². The number of hydrogen-bond donors (Lipinski definition) is 0. The Morgan fingerprint density at radius 1 is 0.719 bits per heavy atom. The molecule has 0 aliphatic heterocycles. The molecule has 0 saturated heterocycles. The van der Waals surface area contributed by atoms with Gasteiger partial charge in [-0.05, 0) is 83.3 Å². The van der Waals surface area contributed by atoms with E-state index in [1.807, 2.05) is 49.5 Å². The molecule has 3 aromatic carbocycles. The third-order valence-electron chi connectivity index (χ3n) is 5.65. The summed E-state index contributed by atoms with van der Waals surface area (Å²) in [6, 6.07) is 28.7. The molecule has 1 atom stereocenters. The monoisotopic (exact) mass is 454 g/mol. The van der Waals surface area contributed by atoms with E-state index in [2.05, 4.69) is 53.5 Å². The zero-order valence-electron chi connectivity index (χ0n) is 17.5. The SMILES string of the molecule is Cc1cc(-c2cccc(Cl)c2)c2cc(C(c3ccc(Cl)cc3)c3cccnc3)ccc2n1. The lowest BCUT2D eigenvalue weighted by atomic mass is 9.85. The number of aryl methyl sites for hydroxylation is 1. The second-order valence-corrected chi connectivity index (χ2v) is 8.74. The number of fused-ring (bicyclic) bond motifs is 1. The van der Waals surface area contributed by atoms with Gasteiger partial charge < -0.3 is 0 Å². The van der Waals surface area contributed by atoms with E-state index in [4.69, 9.17) is 28.2 Å². The first-order chi connectivity index (χ1) is 15.6. The van der Waals surface area contributed by atoms with Crippen LogP contribution in [0.4, 0.5) is 0 Å². The highest BCUT2D eigenvalue weighted by Crippen LogP contribution is 2.36. The second kappa shape index (κ2) is 8.74. The molecular weight excluding hydrogens is 435 g/mol. The van der Waals surface area contributed by atoms with E-state index in [-0.39, 0.29) is 5.92 Å². The molecule has 2 nitrogen and oxygen atoms in total. The summed E-state index contributed by atoms with van der Waals surface area (Å²) in [7, 11) is 0. The Kier molecular flexibility index (Phi) is 5.65. The van der Waals surface area contributed by atoms with Gasteiger partial charge in [0.25, 0.3) is 0 Å². The third-order valence-corrected chi connectivity index (χ3v) is 6.14. The van der Waals surface area contributed by atoms with Gasteiger partial charge in [0.15, 0.2) is 0 Å². The van der Waals surface area contributed by atoms with Crippen LogP contribution >= 0.6 is 23.2 Å². The quantitative estimate of drug-likeness (QED) is 0.274. The standard InChI is InChI=1S/C28H20Cl2N2/c1-18-14-25(20-4-2-6-24(30)15-20)26-16-21(9-12-27(26)32-18)28(22-5-3-13-31-17-22)19-7-10-23(29)11-8-19/h2-17,28H,1H3. The van der Waals surface area contributed by atoms with Crippen LogP contribution in [0.2, 0.25) is 10.0 Å². The molecule has 0 aliphatic rings. The van der Waals surface area contributed by atoms with Crippen LogP contribution in [0.15, 0.2) is 97.3 Å². The van der Waals surface area contributed by atoms with E-state index in [1.165, 1.54) is 5.56 Å². The van der Waals surface area contributed by atoms with Crippen LogP contribution in [-0.4, -0.2) is 9.97 Å². The largest absolute Gasteiger partial charge is 0.264 e. The van der Waals surface area contributed by atoms with Crippen LogP contribution in [0.25, 0.3) is 22.0 Å². The fraction of sp³-hybridized carbons (Fsp3) is 0.0714. The molecule has 2 aromatic heterocycles. The lowest BCUT2D eigenvalue weighted by molar-refractivity contribution is 0.965. The van der Waals surface area contributed by atoms with Crippen LogP contribution in [0, 0.1) is 6.92 Å². The lowest BCUT2D eigenvalue weighted by Gasteiger charge is -2.20. The van der Waals surface area contributed by atoms with Crippen LogP contribution in [0.1, 0.15) is 28.3 Å². The molecule has 32 heavy (non-hydrogen) atoms. The van der Waals surface area contributed by atoms with Gasteiger partial charge in [-0.2, -0.15) is 0 Å². The van der Waals surface area contributed by atoms with Crippen LogP contribution in [0.3, 0.4) is 0 Å². The van der Waals surface area contributed by atoms with Gasteiger partial charge in [-0.25, -0.2) is 0 Å². The van der Waals surface area contributed by atoms with Crippen LogP contribution < -0.4 is 0 Å². The Hall–Kier alpha value is -3.20. The number of hydrogen-bond acceptors (Lipinski definition) is 2. The van der Waals surface area contributed by atoms with E-state index in [0.717, 1.165) is 48.9 Å². The molecule has 156 valence electrons. The fourth-order valence-electron chi connectivity index (χ4n) is 4.23. The van der Waals surface area contributed by atoms with Crippen LogP contribution in [0.5, 0.6) is 0 Å². The zero-order chi connectivity index (χ0) is 22.1. The van der Waals surface area contributed by atoms with Gasteiger partial charge in [0, 0.05) is 39.4 Å². The van der Waals surface area contributed by atoms with Crippen molar-refractivity contribution in [3.63, 3.8) is 0 Å². The van der Waals surface area contributed by atoms with Crippen LogP contribution in [-0.2, 0) is 0 Å². The normalized spacial score (nSPS) is 12.1. The smallest absolute Gasteiger partial charge is 0.0711 e. The van der Waals surface area contributed by atoms with Crippen molar-refractivity contribution in [1.29, 1.82) is 0 Å². The topological polar surface area (TPSA) is 25.8 Å². The predicted molar refractivity (Wildman–Crippen MR) is 134 cm³/mol. The van der Waals surface area contributed by atoms with Crippen molar-refractivity contribution in [3.8, 4) is 11.1 Å². The number of rotatable bonds is 4. The minimum absolute atomic E-state index is 0.0267.